The molecule has 0 aliphatic heterocycles. The molecule has 0 fully saturated rings. The second kappa shape index (κ2) is 15.9. The molecule has 4 aromatic carbocycles. The van der Waals surface area contributed by atoms with Crippen LogP contribution in [0.25, 0.3) is 11.1 Å². The number of phenolic OH excluding ortho intramolecular Hbond substituents is 4. The van der Waals surface area contributed by atoms with Gasteiger partial charge in [-0.05, 0) is 120 Å². The maximum absolute atomic E-state index is 11.3. The largest absolute Gasteiger partial charge is 0.504 e. The highest BCUT2D eigenvalue weighted by Gasteiger charge is 2.23. The molecule has 258 valence electrons. The molecule has 4 atom stereocenters. The fourth-order valence-electron chi connectivity index (χ4n) is 6.28. The molecule has 0 amide bonds. The van der Waals surface area contributed by atoms with Crippen LogP contribution in [0.4, 0.5) is 0 Å². The first-order valence-electron chi connectivity index (χ1n) is 16.4. The normalized spacial score (nSPS) is 13.8. The molecule has 8 heteroatoms. The van der Waals surface area contributed by atoms with Gasteiger partial charge in [-0.1, -0.05) is 39.8 Å². The molecule has 0 bridgehead atoms. The first-order valence-corrected chi connectivity index (χ1v) is 16.4. The summed E-state index contributed by atoms with van der Waals surface area (Å²) in [5.74, 6) is 2.85. The molecule has 4 N–H and O–H groups in total. The number of methoxy groups -OCH3 is 4. The lowest BCUT2D eigenvalue weighted by Gasteiger charge is -2.23. The van der Waals surface area contributed by atoms with Crippen LogP contribution in [0.3, 0.4) is 0 Å². The molecule has 4 aromatic rings. The Morgan fingerprint density at radius 3 is 1.02 bits per heavy atom. The number of rotatable bonds is 15. The van der Waals surface area contributed by atoms with E-state index in [1.54, 1.807) is 26.4 Å². The number of hydrogen-bond donors (Lipinski definition) is 4. The molecular weight excluding hydrogens is 608 g/mol. The molecule has 0 saturated heterocycles. The number of aromatic hydroxyl groups is 4. The van der Waals surface area contributed by atoms with Gasteiger partial charge in [-0.3, -0.25) is 0 Å². The van der Waals surface area contributed by atoms with Crippen molar-refractivity contribution in [2.75, 3.05) is 28.4 Å². The van der Waals surface area contributed by atoms with Gasteiger partial charge in [-0.15, -0.1) is 0 Å². The van der Waals surface area contributed by atoms with Gasteiger partial charge in [0.05, 0.1) is 28.4 Å². The van der Waals surface area contributed by atoms with Crippen molar-refractivity contribution in [3.05, 3.63) is 82.9 Å². The van der Waals surface area contributed by atoms with Crippen molar-refractivity contribution >= 4 is 0 Å². The van der Waals surface area contributed by atoms with Crippen molar-refractivity contribution in [1.29, 1.82) is 0 Å². The van der Waals surface area contributed by atoms with E-state index in [0.717, 1.165) is 35.1 Å². The molecule has 4 rings (SSSR count). The Balaban J connectivity index is 1.59. The summed E-state index contributed by atoms with van der Waals surface area (Å²) in [7, 11) is 6.14. The lowest BCUT2D eigenvalue weighted by atomic mass is 9.83. The zero-order chi connectivity index (χ0) is 35.1. The van der Waals surface area contributed by atoms with Gasteiger partial charge >= 0.3 is 0 Å². The van der Waals surface area contributed by atoms with Crippen molar-refractivity contribution in [3.63, 3.8) is 0 Å². The molecule has 0 spiro atoms. The van der Waals surface area contributed by atoms with Gasteiger partial charge in [0.2, 0.25) is 0 Å². The summed E-state index contributed by atoms with van der Waals surface area (Å²) in [4.78, 5) is 0. The second-order valence-corrected chi connectivity index (χ2v) is 13.1. The average Bonchev–Trinajstić information content (AvgIpc) is 3.07. The molecular formula is C40H50O8. The predicted octanol–water partition coefficient (Wildman–Crippen LogP) is 8.33. The number of phenols is 4. The predicted molar refractivity (Wildman–Crippen MR) is 189 cm³/mol. The summed E-state index contributed by atoms with van der Waals surface area (Å²) in [6.45, 7) is 8.78. The summed E-state index contributed by atoms with van der Waals surface area (Å²) in [5, 5.41) is 42.6. The quantitative estimate of drug-likeness (QED) is 0.101. The SMILES string of the molecule is COc1cc(CC(C)C(C)Cc2cc(OC)c(O)c(-c3cc(CC(C)C(C)Cc4ccc(O)c(OC)c4)cc(OC)c3O)c2)ccc1O. The summed E-state index contributed by atoms with van der Waals surface area (Å²) < 4.78 is 21.8. The van der Waals surface area contributed by atoms with E-state index in [9.17, 15) is 20.4 Å². The molecule has 0 heterocycles. The highest BCUT2D eigenvalue weighted by atomic mass is 16.5. The highest BCUT2D eigenvalue weighted by Crippen LogP contribution is 2.46. The topological polar surface area (TPSA) is 118 Å². The Morgan fingerprint density at radius 1 is 0.417 bits per heavy atom. The third kappa shape index (κ3) is 8.40. The smallest absolute Gasteiger partial charge is 0.165 e. The van der Waals surface area contributed by atoms with Crippen LogP contribution in [0, 0.1) is 23.7 Å². The van der Waals surface area contributed by atoms with E-state index in [4.69, 9.17) is 18.9 Å². The van der Waals surface area contributed by atoms with Gasteiger partial charge in [0.15, 0.2) is 46.0 Å². The van der Waals surface area contributed by atoms with Crippen molar-refractivity contribution < 1.29 is 39.4 Å². The third-order valence-corrected chi connectivity index (χ3v) is 9.66. The monoisotopic (exact) mass is 658 g/mol. The lowest BCUT2D eigenvalue weighted by molar-refractivity contribution is 0.363. The number of hydrogen-bond acceptors (Lipinski definition) is 8. The Bertz CT molecular complexity index is 1570. The average molecular weight is 659 g/mol. The van der Waals surface area contributed by atoms with Crippen LogP contribution >= 0.6 is 0 Å². The zero-order valence-electron chi connectivity index (χ0n) is 29.3. The van der Waals surface area contributed by atoms with E-state index in [0.29, 0.717) is 58.8 Å². The summed E-state index contributed by atoms with van der Waals surface area (Å²) in [6, 6.07) is 18.4. The van der Waals surface area contributed by atoms with Crippen molar-refractivity contribution in [2.45, 2.75) is 53.4 Å². The lowest BCUT2D eigenvalue weighted by Crippen LogP contribution is -2.14. The summed E-state index contributed by atoms with van der Waals surface area (Å²) in [5.41, 5.74) is 5.04. The molecule has 4 unspecified atom stereocenters. The summed E-state index contributed by atoms with van der Waals surface area (Å²) >= 11 is 0. The van der Waals surface area contributed by atoms with Crippen LogP contribution in [0.15, 0.2) is 60.7 Å². The minimum absolute atomic E-state index is 0.0460. The van der Waals surface area contributed by atoms with Crippen molar-refractivity contribution in [3.8, 4) is 57.1 Å². The molecule has 0 aromatic heterocycles. The van der Waals surface area contributed by atoms with Gasteiger partial charge in [0.1, 0.15) is 0 Å². The highest BCUT2D eigenvalue weighted by molar-refractivity contribution is 5.81. The first kappa shape index (κ1) is 36.1. The molecule has 48 heavy (non-hydrogen) atoms. The van der Waals surface area contributed by atoms with Crippen LogP contribution in [0.2, 0.25) is 0 Å². The van der Waals surface area contributed by atoms with Gasteiger partial charge in [0, 0.05) is 11.1 Å². The Kier molecular flexibility index (Phi) is 12.0. The van der Waals surface area contributed by atoms with Crippen LogP contribution in [0.1, 0.15) is 49.9 Å². The van der Waals surface area contributed by atoms with Crippen LogP contribution in [-0.4, -0.2) is 48.9 Å². The second-order valence-electron chi connectivity index (χ2n) is 13.1. The Hall–Kier alpha value is -4.72. The van der Waals surface area contributed by atoms with Gasteiger partial charge < -0.3 is 39.4 Å². The van der Waals surface area contributed by atoms with Gasteiger partial charge in [-0.2, -0.15) is 0 Å². The van der Waals surface area contributed by atoms with Crippen LogP contribution in [0.5, 0.6) is 46.0 Å². The van der Waals surface area contributed by atoms with Gasteiger partial charge in [0.25, 0.3) is 0 Å². The fraction of sp³-hybridized carbons (Fsp3) is 0.400. The molecule has 0 radical (unpaired) electrons. The van der Waals surface area contributed by atoms with E-state index < -0.39 is 0 Å². The van der Waals surface area contributed by atoms with E-state index in [1.807, 2.05) is 48.5 Å². The third-order valence-electron chi connectivity index (χ3n) is 9.66. The van der Waals surface area contributed by atoms with E-state index in [1.165, 1.54) is 14.2 Å². The number of benzene rings is 4. The molecule has 0 saturated carbocycles. The zero-order valence-corrected chi connectivity index (χ0v) is 29.3. The number of ether oxygens (including phenoxy) is 4. The van der Waals surface area contributed by atoms with E-state index >= 15 is 0 Å². The maximum Gasteiger partial charge on any atom is 0.165 e. The molecule has 0 aliphatic rings. The molecule has 8 nitrogen and oxygen atoms in total. The van der Waals surface area contributed by atoms with Crippen LogP contribution < -0.4 is 18.9 Å². The van der Waals surface area contributed by atoms with E-state index in [2.05, 4.69) is 27.7 Å². The first-order chi connectivity index (χ1) is 22.9. The Morgan fingerprint density at radius 2 is 0.708 bits per heavy atom. The van der Waals surface area contributed by atoms with Crippen molar-refractivity contribution in [1.82, 2.24) is 0 Å². The van der Waals surface area contributed by atoms with Crippen LogP contribution in [-0.2, 0) is 25.7 Å². The summed E-state index contributed by atoms with van der Waals surface area (Å²) in [6.07, 6.45) is 3.04. The fourth-order valence-corrected chi connectivity index (χ4v) is 6.28. The standard InChI is InChI=1S/C40H50O8/c1-23(13-27-9-11-33(41)35(19-27)45-5)25(3)15-29-17-31(39(43)37(21-29)47-7)32-18-30(22-38(48-8)40(32)44)16-26(4)24(2)14-28-10-12-34(42)36(20-28)46-6/h9-12,17-26,41-44H,13-16H2,1-8H3. The van der Waals surface area contributed by atoms with E-state index in [-0.39, 0.29) is 34.8 Å². The Labute approximate surface area is 284 Å². The van der Waals surface area contributed by atoms with Crippen molar-refractivity contribution in [2.24, 2.45) is 23.7 Å². The molecule has 0 aliphatic carbocycles. The minimum atomic E-state index is -0.0460. The maximum atomic E-state index is 11.3. The minimum Gasteiger partial charge on any atom is -0.504 e. The van der Waals surface area contributed by atoms with Gasteiger partial charge in [-0.25, -0.2) is 0 Å².